The second kappa shape index (κ2) is 18.1. The topological polar surface area (TPSA) is 213 Å². The van der Waals surface area contributed by atoms with Crippen LogP contribution in [0.5, 0.6) is 0 Å². The lowest BCUT2D eigenvalue weighted by atomic mass is 9.87. The highest BCUT2D eigenvalue weighted by Gasteiger charge is 2.37. The summed E-state index contributed by atoms with van der Waals surface area (Å²) in [5.74, 6) is -4.50. The summed E-state index contributed by atoms with van der Waals surface area (Å²) in [6.07, 6.45) is 5.37. The molecule has 3 amide bonds. The van der Waals surface area contributed by atoms with Crippen LogP contribution in [0.2, 0.25) is 0 Å². The zero-order valence-electron chi connectivity index (χ0n) is 35.5. The number of nitrogens with zero attached hydrogens (tertiary/aromatic N) is 6. The van der Waals surface area contributed by atoms with Crippen LogP contribution >= 0.6 is 0 Å². The number of halogens is 3. The molecule has 0 aliphatic carbocycles. The summed E-state index contributed by atoms with van der Waals surface area (Å²) in [5.41, 5.74) is -0.697. The molecule has 2 aromatic carbocycles. The van der Waals surface area contributed by atoms with Gasteiger partial charge in [0.2, 0.25) is 23.5 Å². The number of hydrogen-bond acceptors (Lipinski definition) is 12. The van der Waals surface area contributed by atoms with Gasteiger partial charge in [-0.1, -0.05) is 6.92 Å². The van der Waals surface area contributed by atoms with Crippen molar-refractivity contribution in [2.24, 2.45) is 0 Å². The monoisotopic (exact) mass is 916 g/mol. The average Bonchev–Trinajstić information content (AvgIpc) is 3.72. The number of ketones is 1. The molecule has 1 atom stereocenters. The maximum atomic E-state index is 15.7. The minimum atomic E-state index is -4.18. The number of H-pyrrole nitrogens is 1. The molecule has 8 rings (SSSR count). The summed E-state index contributed by atoms with van der Waals surface area (Å²) in [6.45, 7) is 3.80. The molecule has 3 saturated heterocycles. The molecule has 0 radical (unpaired) electrons. The molecule has 0 spiro atoms. The molecular weight excluding hydrogens is 870 g/mol. The van der Waals surface area contributed by atoms with Crippen LogP contribution in [0.3, 0.4) is 0 Å². The lowest BCUT2D eigenvalue weighted by Gasteiger charge is -2.41. The first-order valence-electron chi connectivity index (χ1n) is 21.1. The van der Waals surface area contributed by atoms with Crippen molar-refractivity contribution in [1.29, 1.82) is 0 Å². The number of carbonyl (C=O) groups excluding carboxylic acids is 4. The molecule has 5 aromatic rings. The van der Waals surface area contributed by atoms with Gasteiger partial charge in [-0.05, 0) is 67.8 Å². The van der Waals surface area contributed by atoms with Crippen LogP contribution in [0.1, 0.15) is 54.9 Å². The minimum absolute atomic E-state index is 0.0804. The van der Waals surface area contributed by atoms with Crippen LogP contribution < -0.4 is 25.2 Å². The maximum Gasteiger partial charge on any atom is 0.301 e. The molecule has 342 valence electrons. The highest BCUT2D eigenvalue weighted by atomic mass is 32.2. The predicted molar refractivity (Wildman–Crippen MR) is 236 cm³/mol. The van der Waals surface area contributed by atoms with Crippen LogP contribution in [0.4, 0.5) is 36.1 Å². The first kappa shape index (κ1) is 45.0. The third-order valence-electron chi connectivity index (χ3n) is 12.3. The van der Waals surface area contributed by atoms with E-state index in [-0.39, 0.29) is 60.6 Å². The lowest BCUT2D eigenvalue weighted by molar-refractivity contribution is -0.138. The van der Waals surface area contributed by atoms with Gasteiger partial charge in [0.05, 0.1) is 29.0 Å². The molecule has 3 fully saturated rings. The Morgan fingerprint density at radius 2 is 1.72 bits per heavy atom. The summed E-state index contributed by atoms with van der Waals surface area (Å²) >= 11 is 0. The second-order valence-corrected chi connectivity index (χ2v) is 18.2. The number of amides is 3. The van der Waals surface area contributed by atoms with Crippen molar-refractivity contribution in [2.75, 3.05) is 72.7 Å². The Balaban J connectivity index is 0.899. The number of nitrogens with one attached hydrogen (secondary N) is 4. The van der Waals surface area contributed by atoms with E-state index in [1.54, 1.807) is 48.5 Å². The maximum absolute atomic E-state index is 15.7. The van der Waals surface area contributed by atoms with Gasteiger partial charge in [0, 0.05) is 106 Å². The molecule has 6 heterocycles. The molecule has 0 unspecified atom stereocenters. The number of pyridine rings is 2. The van der Waals surface area contributed by atoms with E-state index in [0.29, 0.717) is 74.0 Å². The zero-order valence-corrected chi connectivity index (χ0v) is 36.4. The molecule has 0 saturated carbocycles. The molecule has 21 heteroatoms. The smallest absolute Gasteiger partial charge is 0.301 e. The Morgan fingerprint density at radius 1 is 0.969 bits per heavy atom. The van der Waals surface area contributed by atoms with Gasteiger partial charge in [0.25, 0.3) is 0 Å². The van der Waals surface area contributed by atoms with E-state index in [2.05, 4.69) is 30.3 Å². The van der Waals surface area contributed by atoms with Gasteiger partial charge < -0.3 is 30.1 Å². The van der Waals surface area contributed by atoms with Gasteiger partial charge in [0.1, 0.15) is 29.1 Å². The van der Waals surface area contributed by atoms with E-state index in [1.165, 1.54) is 19.3 Å². The summed E-state index contributed by atoms with van der Waals surface area (Å²) in [4.78, 5) is 68.5. The van der Waals surface area contributed by atoms with E-state index in [0.717, 1.165) is 16.4 Å². The van der Waals surface area contributed by atoms with Crippen molar-refractivity contribution in [3.8, 4) is 11.1 Å². The predicted octanol–water partition coefficient (Wildman–Crippen LogP) is 4.17. The normalized spacial score (nSPS) is 18.0. The van der Waals surface area contributed by atoms with Crippen molar-refractivity contribution in [3.05, 3.63) is 95.7 Å². The number of hydrogen-bond donors (Lipinski definition) is 5. The van der Waals surface area contributed by atoms with Gasteiger partial charge in [0.15, 0.2) is 5.82 Å². The van der Waals surface area contributed by atoms with Crippen LogP contribution in [0, 0.1) is 17.5 Å². The Hall–Kier alpha value is -6.58. The zero-order chi connectivity index (χ0) is 46.2. The largest absolute Gasteiger partial charge is 0.389 e. The minimum Gasteiger partial charge on any atom is -0.389 e. The van der Waals surface area contributed by atoms with Gasteiger partial charge >= 0.3 is 10.2 Å². The Labute approximate surface area is 372 Å². The number of benzene rings is 2. The van der Waals surface area contributed by atoms with Gasteiger partial charge in [-0.2, -0.15) is 12.7 Å². The summed E-state index contributed by atoms with van der Waals surface area (Å²) in [5, 5.41) is 17.0. The molecule has 65 heavy (non-hydrogen) atoms. The summed E-state index contributed by atoms with van der Waals surface area (Å²) in [6, 6.07) is 10.9. The fourth-order valence-electron chi connectivity index (χ4n) is 8.36. The highest BCUT2D eigenvalue weighted by molar-refractivity contribution is 7.90. The number of aromatic amines is 1. The Bertz CT molecular complexity index is 2790. The molecule has 3 aliphatic heterocycles. The van der Waals surface area contributed by atoms with E-state index >= 15 is 13.2 Å². The van der Waals surface area contributed by atoms with Crippen LogP contribution in [0.25, 0.3) is 22.2 Å². The third-order valence-corrected chi connectivity index (χ3v) is 13.8. The number of piperazine rings is 1. The Kier molecular flexibility index (Phi) is 12.5. The van der Waals surface area contributed by atoms with Crippen LogP contribution in [-0.2, 0) is 24.6 Å². The van der Waals surface area contributed by atoms with E-state index in [1.807, 2.05) is 15.9 Å². The summed E-state index contributed by atoms with van der Waals surface area (Å²) in [7, 11) is -2.90. The molecule has 3 aliphatic rings. The average molecular weight is 917 g/mol. The van der Waals surface area contributed by atoms with Gasteiger partial charge in [-0.3, -0.25) is 29.2 Å². The molecular formula is C44H47F3N10O7S. The standard InChI is InChI=1S/C44H47F3N10O7S/c1-3-54(2)65(63,64)53-33-8-7-31(45)38(39(33)47)40(60)30-25-50-41-29(30)21-26(24-49-41)28-5-4-14-48-42(28)57-19-17-56(18-20-57)37(59)23-44(62)12-15-55(16-13-44)35-10-6-27(22-32(35)46)51-34-9-11-36(58)52-43(34)61/h4-8,10,14,21-22,24-25,34,51,53,62H,3,9,11-13,15-20,23H2,1-2H3,(H,49,50)(H,52,58,61)/t34-/m1/s1. The fourth-order valence-corrected chi connectivity index (χ4v) is 9.29. The second-order valence-electron chi connectivity index (χ2n) is 16.4. The van der Waals surface area contributed by atoms with Crippen molar-refractivity contribution in [1.82, 2.24) is 29.5 Å². The number of piperidine rings is 2. The molecule has 17 nitrogen and oxygen atoms in total. The van der Waals surface area contributed by atoms with E-state index in [4.69, 9.17) is 0 Å². The van der Waals surface area contributed by atoms with Crippen molar-refractivity contribution >= 4 is 67.6 Å². The highest BCUT2D eigenvalue weighted by Crippen LogP contribution is 2.35. The number of carbonyl (C=O) groups is 4. The van der Waals surface area contributed by atoms with E-state index in [9.17, 15) is 32.7 Å². The van der Waals surface area contributed by atoms with Crippen molar-refractivity contribution in [2.45, 2.75) is 50.7 Å². The number of aliphatic hydroxyl groups is 1. The molecule has 0 bridgehead atoms. The molecule has 3 aromatic heterocycles. The number of aromatic nitrogens is 3. The van der Waals surface area contributed by atoms with Crippen molar-refractivity contribution in [3.63, 3.8) is 0 Å². The van der Waals surface area contributed by atoms with Gasteiger partial charge in [-0.25, -0.2) is 23.1 Å². The first-order chi connectivity index (χ1) is 31.0. The quantitative estimate of drug-likeness (QED) is 0.0833. The number of fused-ring (bicyclic) bond motifs is 1. The van der Waals surface area contributed by atoms with Crippen LogP contribution in [0.15, 0.2) is 67.1 Å². The molecule has 5 N–H and O–H groups in total. The van der Waals surface area contributed by atoms with Crippen LogP contribution in [-0.4, -0.2) is 126 Å². The summed E-state index contributed by atoms with van der Waals surface area (Å²) < 4.78 is 74.4. The lowest BCUT2D eigenvalue weighted by Crippen LogP contribution is -2.52. The first-order valence-corrected chi connectivity index (χ1v) is 22.6. The van der Waals surface area contributed by atoms with Crippen molar-refractivity contribution < 1.29 is 45.9 Å². The van der Waals surface area contributed by atoms with Gasteiger partial charge in [-0.15, -0.1) is 0 Å². The Morgan fingerprint density at radius 3 is 2.43 bits per heavy atom. The number of rotatable bonds is 13. The number of imide groups is 1. The fraction of sp³-hybridized carbons (Fsp3) is 0.364. The third kappa shape index (κ3) is 9.34. The van der Waals surface area contributed by atoms with E-state index < -0.39 is 62.2 Å². The SMILES string of the molecule is CCN(C)S(=O)(=O)Nc1ccc(F)c(C(=O)c2c[nH]c3ncc(-c4cccnc4N4CCN(C(=O)CC5(O)CCN(c6ccc(N[C@@H]7CCC(=O)NC7=O)cc6F)CC5)CC4)cc23)c1F. The number of anilines is 4.